The number of unbranched alkanes of at least 4 members (excludes halogenated alkanes) is 2. The molecular formula is C66H106N14O35P6. The van der Waals surface area contributed by atoms with Gasteiger partial charge in [0.15, 0.2) is 35.4 Å². The number of phenols is 1. The maximum atomic E-state index is 13.0. The van der Waals surface area contributed by atoms with Crippen molar-refractivity contribution < 1.29 is 166 Å². The van der Waals surface area contributed by atoms with Gasteiger partial charge >= 0.3 is 46.9 Å². The van der Waals surface area contributed by atoms with Gasteiger partial charge in [0, 0.05) is 75.5 Å². The number of para-hydroxylation sites is 1. The number of Topliss-reactive ketones (excluding diaryl/α,β-unsaturated/α-hetero) is 2. The lowest BCUT2D eigenvalue weighted by Gasteiger charge is -2.30. The van der Waals surface area contributed by atoms with Crippen molar-refractivity contribution in [2.24, 2.45) is 21.7 Å². The Kier molecular flexibility index (Phi) is 35.8. The molecule has 2 aliphatic rings. The average Bonchev–Trinajstić information content (AvgIpc) is 1.62. The van der Waals surface area contributed by atoms with E-state index in [0.29, 0.717) is 25.7 Å². The maximum absolute atomic E-state index is 13.0. The van der Waals surface area contributed by atoms with Crippen LogP contribution in [0.4, 0.5) is 11.6 Å². The molecule has 1 aromatic carbocycles. The highest BCUT2D eigenvalue weighted by Crippen LogP contribution is 2.63. The lowest BCUT2D eigenvalue weighted by Crippen LogP contribution is -2.46. The van der Waals surface area contributed by atoms with Gasteiger partial charge in [-0.15, -0.1) is 0 Å². The number of imidazole rings is 2. The highest BCUT2D eigenvalue weighted by Gasteiger charge is 2.53. The lowest BCUT2D eigenvalue weighted by atomic mass is 9.81. The van der Waals surface area contributed by atoms with Crippen LogP contribution in [0.3, 0.4) is 0 Å². The maximum Gasteiger partial charge on any atom is 0.481 e. The number of aromatic nitrogens is 8. The van der Waals surface area contributed by atoms with Crippen molar-refractivity contribution in [3.63, 3.8) is 0 Å². The highest BCUT2D eigenvalue weighted by atomic mass is 31.3. The third-order valence-electron chi connectivity index (χ3n) is 19.3. The van der Waals surface area contributed by atoms with Crippen molar-refractivity contribution in [2.75, 3.05) is 64.1 Å². The molecule has 4 aromatic heterocycles. The first kappa shape index (κ1) is 102. The van der Waals surface area contributed by atoms with Gasteiger partial charge in [-0.3, -0.25) is 65.0 Å². The molecule has 0 radical (unpaired) electrons. The zero-order chi connectivity index (χ0) is 90.2. The van der Waals surface area contributed by atoms with E-state index in [2.05, 4.69) is 68.8 Å². The predicted octanol–water partition coefficient (Wildman–Crippen LogP) is 2.41. The Balaban J connectivity index is 0.703. The van der Waals surface area contributed by atoms with E-state index < -0.39 is 180 Å². The fraction of sp³-hybridized carbons (Fsp3) is 0.667. The number of nitrogen functional groups attached to an aromatic ring is 2. The second kappa shape index (κ2) is 42.6. The first-order valence-corrected chi connectivity index (χ1v) is 46.6. The highest BCUT2D eigenvalue weighted by molar-refractivity contribution is 7.61. The molecule has 2 fully saturated rings. The molecule has 680 valence electrons. The topological polar surface area (TPSA) is 747 Å². The number of aromatic hydroxyl groups is 1. The summed E-state index contributed by atoms with van der Waals surface area (Å²) in [5, 5.41) is 64.8. The van der Waals surface area contributed by atoms with Crippen LogP contribution in [0, 0.1) is 21.7 Å². The van der Waals surface area contributed by atoms with Crippen molar-refractivity contribution >= 4 is 116 Å². The monoisotopic (exact) mass is 1840 g/mol. The van der Waals surface area contributed by atoms with Gasteiger partial charge in [-0.2, -0.15) is 8.62 Å². The number of nitrogens with two attached hydrogens (primary N) is 2. The summed E-state index contributed by atoms with van der Waals surface area (Å²) >= 11 is 0. The van der Waals surface area contributed by atoms with Gasteiger partial charge < -0.3 is 107 Å². The Morgan fingerprint density at radius 2 is 0.851 bits per heavy atom. The number of nitrogens with zero attached hydrogens (tertiary/aromatic N) is 8. The zero-order valence-corrected chi connectivity index (χ0v) is 72.4. The molecular weight excluding hydrogens is 1730 g/mol. The number of aliphatic hydroxyl groups excluding tert-OH is 4. The molecule has 49 nitrogen and oxygen atoms in total. The summed E-state index contributed by atoms with van der Waals surface area (Å²) in [4.78, 5) is 180. The molecule has 21 N–H and O–H groups in total. The molecule has 0 bridgehead atoms. The summed E-state index contributed by atoms with van der Waals surface area (Å²) < 4.78 is 126. The van der Waals surface area contributed by atoms with Crippen molar-refractivity contribution in [3.05, 3.63) is 54.6 Å². The first-order valence-electron chi connectivity index (χ1n) is 37.6. The van der Waals surface area contributed by atoms with E-state index in [1.54, 1.807) is 0 Å². The standard InChI is InChI=1S/C66H106N14O35P6/c1-63(2,28-40(81)18-24-69-44(83)20-26-71-59(90)53(88)65(5,6)32-108-120(102,103)114-118(98,99)106-30-42-51(112-116(92,93)94)49(86)61(110-42)79-36-77-46-55(67)73-34-75-57(46)79)22-11-9-14-38-16-13-17-39(48(38)85)15-10-12-23-64(3,4)29-41(82)19-25-70-45(84)21-27-72-60(91)54(89)66(7,8)33-109-121(104,105)115-119(100,101)107-31-43-52(113-117(95,96)97)50(87)62(111-43)80-37-78-47-56(68)74-35-76-58(47)80/h13,16-17,34-37,42-43,49-54,61-62,85-89H,9-12,14-15,18-33H2,1-8H3,(H,69,83)(H,70,84)(H,71,90)(H,72,91)(H,98,99)(H,100,101)(H,102,103)(H,104,105)(H2,67,73,75)(H2,68,74,76)(H2,92,93,94)(H2,95,96,97). The third-order valence-corrected chi connectivity index (χ3v) is 25.5. The summed E-state index contributed by atoms with van der Waals surface area (Å²) in [6.45, 7) is 7.89. The molecule has 14 atom stereocenters. The number of carbonyl (C=O) groups is 6. The summed E-state index contributed by atoms with van der Waals surface area (Å²) in [5.74, 6) is -3.29. The van der Waals surface area contributed by atoms with Crippen LogP contribution in [0.2, 0.25) is 0 Å². The number of phosphoric ester groups is 6. The Bertz CT molecular complexity index is 4460. The molecule has 5 aromatic rings. The second-order valence-electron chi connectivity index (χ2n) is 31.7. The predicted molar refractivity (Wildman–Crippen MR) is 419 cm³/mol. The number of phosphoric acid groups is 6. The molecule has 55 heteroatoms. The number of hydrogen-bond donors (Lipinski definition) is 19. The van der Waals surface area contributed by atoms with E-state index in [9.17, 15) is 121 Å². The van der Waals surface area contributed by atoms with Crippen LogP contribution < -0.4 is 32.7 Å². The van der Waals surface area contributed by atoms with Crippen molar-refractivity contribution in [1.29, 1.82) is 0 Å². The average molecular weight is 1840 g/mol. The minimum Gasteiger partial charge on any atom is -0.507 e. The first-order chi connectivity index (χ1) is 56.0. The molecule has 7 rings (SSSR count). The number of hydrogen-bond acceptors (Lipinski definition) is 35. The largest absolute Gasteiger partial charge is 0.507 e. The van der Waals surface area contributed by atoms with Crippen LogP contribution in [0.5, 0.6) is 5.75 Å². The lowest BCUT2D eigenvalue weighted by molar-refractivity contribution is -0.137. The smallest absolute Gasteiger partial charge is 0.481 e. The molecule has 14 unspecified atom stereocenters. The number of ketones is 2. The number of aliphatic hydroxyl groups is 4. The van der Waals surface area contributed by atoms with E-state index in [0.717, 1.165) is 71.3 Å². The summed E-state index contributed by atoms with van der Waals surface area (Å²) in [5.41, 5.74) is 9.09. The number of carbonyl (C=O) groups excluding carboxylic acids is 6. The molecule has 6 heterocycles. The summed E-state index contributed by atoms with van der Waals surface area (Å²) in [7, 11) is -33.2. The molecule has 4 amide bonds. The van der Waals surface area contributed by atoms with Crippen molar-refractivity contribution in [2.45, 2.75) is 207 Å². The van der Waals surface area contributed by atoms with E-state index in [1.807, 2.05) is 45.9 Å². The Morgan fingerprint density at radius 3 is 1.21 bits per heavy atom. The third kappa shape index (κ3) is 31.5. The minimum atomic E-state index is -5.65. The van der Waals surface area contributed by atoms with Crippen LogP contribution in [0.25, 0.3) is 22.3 Å². The van der Waals surface area contributed by atoms with Gasteiger partial charge in [0.2, 0.25) is 23.6 Å². The van der Waals surface area contributed by atoms with Crippen LogP contribution in [-0.4, -0.2) is 240 Å². The van der Waals surface area contributed by atoms with Gasteiger partial charge in [-0.1, -0.05) is 86.4 Å². The summed E-state index contributed by atoms with van der Waals surface area (Å²) in [6, 6.07) is 5.59. The molecule has 2 aliphatic heterocycles. The van der Waals surface area contributed by atoms with Crippen LogP contribution >= 0.6 is 46.9 Å². The number of benzene rings is 1. The van der Waals surface area contributed by atoms with E-state index in [-0.39, 0.29) is 116 Å². The fourth-order valence-electron chi connectivity index (χ4n) is 12.9. The van der Waals surface area contributed by atoms with Crippen molar-refractivity contribution in [1.82, 2.24) is 60.3 Å². The van der Waals surface area contributed by atoms with Gasteiger partial charge in [0.1, 0.15) is 89.8 Å². The molecule has 0 aliphatic carbocycles. The number of fused-ring (bicyclic) bond motifs is 2. The summed E-state index contributed by atoms with van der Waals surface area (Å²) in [6.07, 6.45) is -8.69. The molecule has 0 saturated carbocycles. The number of anilines is 2. The fourth-order valence-corrected chi connectivity index (χ4v) is 18.5. The van der Waals surface area contributed by atoms with Crippen LogP contribution in [-0.2, 0) is 114 Å². The van der Waals surface area contributed by atoms with E-state index in [1.165, 1.54) is 27.7 Å². The van der Waals surface area contributed by atoms with Gasteiger partial charge in [-0.25, -0.2) is 57.3 Å². The number of phenolic OH excluding ortho intramolecular Hbond substituents is 1. The second-order valence-corrected chi connectivity index (χ2v) is 40.2. The SMILES string of the molecule is CC(C)(CCCCc1cccc(CCCCC(C)(C)CC(=O)CCNC(=O)CCNC(=O)C(O)C(C)(C)COP(=O)(O)OP(=O)(O)OCC2OC(n3cnc4c(N)ncnc43)C(O)C2OP(=O)(O)O)c1O)CC(=O)CCNC(=O)CCNC(=O)C(O)C(C)(C)COP(=O)(O)OP(=O)(O)OCC1OC(n2cnc3c(N)ncnc32)C(O)C1OP(=O)(O)O. The van der Waals surface area contributed by atoms with Crippen LogP contribution in [0.15, 0.2) is 43.5 Å². The number of rotatable bonds is 52. The Hall–Kier alpha value is -6.56. The molecule has 2 saturated heterocycles. The number of amides is 4. The van der Waals surface area contributed by atoms with Crippen LogP contribution in [0.1, 0.15) is 156 Å². The van der Waals surface area contributed by atoms with Gasteiger partial charge in [0.25, 0.3) is 0 Å². The van der Waals surface area contributed by atoms with Gasteiger partial charge in [-0.05, 0) is 60.5 Å². The quantitative estimate of drug-likeness (QED) is 0.0196. The minimum absolute atomic E-state index is 0.000249. The Labute approximate surface area is 692 Å². The zero-order valence-electron chi connectivity index (χ0n) is 67.1. The normalized spacial score (nSPS) is 21.4. The number of aryl methyl sites for hydroxylation is 2. The molecule has 0 spiro atoms. The molecule has 121 heavy (non-hydrogen) atoms. The number of nitrogens with one attached hydrogen (secondary N) is 4. The van der Waals surface area contributed by atoms with Gasteiger partial charge in [0.05, 0.1) is 39.1 Å². The van der Waals surface area contributed by atoms with E-state index in [4.69, 9.17) is 39.0 Å². The Morgan fingerprint density at radius 1 is 0.504 bits per heavy atom. The van der Waals surface area contributed by atoms with E-state index >= 15 is 0 Å². The van der Waals surface area contributed by atoms with Crippen molar-refractivity contribution in [3.8, 4) is 5.75 Å². The number of ether oxygens (including phenoxy) is 2.